The molecule has 0 aliphatic carbocycles. The molecule has 1 aromatic carbocycles. The van der Waals surface area contributed by atoms with Gasteiger partial charge >= 0.3 is 5.97 Å². The third kappa shape index (κ3) is 4.04. The van der Waals surface area contributed by atoms with Crippen molar-refractivity contribution >= 4 is 11.9 Å². The summed E-state index contributed by atoms with van der Waals surface area (Å²) in [7, 11) is 0. The van der Waals surface area contributed by atoms with Crippen molar-refractivity contribution in [3.63, 3.8) is 0 Å². The number of benzene rings is 1. The molecule has 1 saturated heterocycles. The number of carbonyl (C=O) groups is 2. The second-order valence-electron chi connectivity index (χ2n) is 5.81. The standard InChI is InChI=1S/C16H21NO4/c1-11-3-4-12(2)13(7-11)8-14(18)17-16(9-15(19)20)5-6-21-10-16/h3-4,7H,5-6,8-10H2,1-2H3,(H,17,18)(H,19,20). The Morgan fingerprint density at radius 1 is 1.38 bits per heavy atom. The molecule has 1 heterocycles. The first-order valence-electron chi connectivity index (χ1n) is 7.07. The molecule has 1 unspecified atom stereocenters. The maximum atomic E-state index is 12.3. The second kappa shape index (κ2) is 6.26. The van der Waals surface area contributed by atoms with E-state index in [1.54, 1.807) is 0 Å². The fourth-order valence-electron chi connectivity index (χ4n) is 2.68. The highest BCUT2D eigenvalue weighted by atomic mass is 16.5. The molecule has 0 bridgehead atoms. The first kappa shape index (κ1) is 15.5. The molecule has 0 radical (unpaired) electrons. The van der Waals surface area contributed by atoms with Gasteiger partial charge in [-0.05, 0) is 31.4 Å². The highest BCUT2D eigenvalue weighted by molar-refractivity contribution is 5.81. The van der Waals surface area contributed by atoms with E-state index in [2.05, 4.69) is 5.32 Å². The van der Waals surface area contributed by atoms with Gasteiger partial charge in [0.2, 0.25) is 5.91 Å². The Morgan fingerprint density at radius 2 is 2.14 bits per heavy atom. The van der Waals surface area contributed by atoms with Crippen molar-refractivity contribution < 1.29 is 19.4 Å². The molecule has 0 aromatic heterocycles. The lowest BCUT2D eigenvalue weighted by atomic mass is 9.93. The molecule has 2 rings (SSSR count). The maximum absolute atomic E-state index is 12.3. The Balaban J connectivity index is 2.06. The fourth-order valence-corrected chi connectivity index (χ4v) is 2.68. The predicted octanol–water partition coefficient (Wildman–Crippen LogP) is 1.60. The van der Waals surface area contributed by atoms with Crippen LogP contribution < -0.4 is 5.32 Å². The van der Waals surface area contributed by atoms with Crippen LogP contribution in [0.15, 0.2) is 18.2 Å². The minimum Gasteiger partial charge on any atom is -0.481 e. The van der Waals surface area contributed by atoms with Crippen molar-refractivity contribution in [3.8, 4) is 0 Å². The zero-order chi connectivity index (χ0) is 15.5. The first-order chi connectivity index (χ1) is 9.90. The number of amides is 1. The van der Waals surface area contributed by atoms with Crippen molar-refractivity contribution in [2.45, 2.75) is 38.6 Å². The van der Waals surface area contributed by atoms with Crippen LogP contribution in [0.2, 0.25) is 0 Å². The largest absolute Gasteiger partial charge is 0.481 e. The number of ether oxygens (including phenoxy) is 1. The van der Waals surface area contributed by atoms with Gasteiger partial charge in [0.1, 0.15) is 0 Å². The number of carbonyl (C=O) groups excluding carboxylic acids is 1. The van der Waals surface area contributed by atoms with Gasteiger partial charge in [-0.15, -0.1) is 0 Å². The molecule has 0 spiro atoms. The van der Waals surface area contributed by atoms with Crippen LogP contribution in [0, 0.1) is 13.8 Å². The van der Waals surface area contributed by atoms with Gasteiger partial charge in [0.25, 0.3) is 0 Å². The molecule has 114 valence electrons. The van der Waals surface area contributed by atoms with Gasteiger partial charge in [0.15, 0.2) is 0 Å². The Hall–Kier alpha value is -1.88. The topological polar surface area (TPSA) is 75.6 Å². The predicted molar refractivity (Wildman–Crippen MR) is 78.2 cm³/mol. The van der Waals surface area contributed by atoms with Crippen molar-refractivity contribution in [1.82, 2.24) is 5.32 Å². The van der Waals surface area contributed by atoms with Crippen molar-refractivity contribution in [2.75, 3.05) is 13.2 Å². The smallest absolute Gasteiger partial charge is 0.305 e. The first-order valence-corrected chi connectivity index (χ1v) is 7.07. The summed E-state index contributed by atoms with van der Waals surface area (Å²) >= 11 is 0. The molecule has 1 aliphatic rings. The van der Waals surface area contributed by atoms with Gasteiger partial charge in [0, 0.05) is 6.61 Å². The van der Waals surface area contributed by atoms with Crippen molar-refractivity contribution in [3.05, 3.63) is 34.9 Å². The minimum atomic E-state index is -0.924. The third-order valence-electron chi connectivity index (χ3n) is 3.85. The highest BCUT2D eigenvalue weighted by Crippen LogP contribution is 2.23. The van der Waals surface area contributed by atoms with E-state index >= 15 is 0 Å². The van der Waals surface area contributed by atoms with E-state index in [-0.39, 0.29) is 25.4 Å². The lowest BCUT2D eigenvalue weighted by Gasteiger charge is -2.27. The second-order valence-corrected chi connectivity index (χ2v) is 5.81. The van der Waals surface area contributed by atoms with Gasteiger partial charge in [-0.25, -0.2) is 0 Å². The minimum absolute atomic E-state index is 0.106. The van der Waals surface area contributed by atoms with Gasteiger partial charge in [0.05, 0.1) is 25.0 Å². The van der Waals surface area contributed by atoms with E-state index in [0.29, 0.717) is 13.0 Å². The molecule has 1 amide bonds. The molecule has 5 heteroatoms. The van der Waals surface area contributed by atoms with Crippen LogP contribution in [-0.4, -0.2) is 35.7 Å². The van der Waals surface area contributed by atoms with E-state index < -0.39 is 11.5 Å². The Morgan fingerprint density at radius 3 is 2.76 bits per heavy atom. The lowest BCUT2D eigenvalue weighted by molar-refractivity contribution is -0.139. The Labute approximate surface area is 124 Å². The molecule has 21 heavy (non-hydrogen) atoms. The van der Waals surface area contributed by atoms with Crippen molar-refractivity contribution in [1.29, 1.82) is 0 Å². The molecule has 1 atom stereocenters. The Kier molecular flexibility index (Phi) is 4.63. The molecule has 1 fully saturated rings. The molecular weight excluding hydrogens is 270 g/mol. The van der Waals surface area contributed by atoms with E-state index in [0.717, 1.165) is 16.7 Å². The number of aryl methyl sites for hydroxylation is 2. The Bertz CT molecular complexity index is 547. The van der Waals surface area contributed by atoms with Crippen molar-refractivity contribution in [2.24, 2.45) is 0 Å². The molecule has 1 aliphatic heterocycles. The van der Waals surface area contributed by atoms with Gasteiger partial charge < -0.3 is 15.2 Å². The normalized spacial score (nSPS) is 21.2. The third-order valence-corrected chi connectivity index (χ3v) is 3.85. The van der Waals surface area contributed by atoms with Crippen LogP contribution in [0.4, 0.5) is 0 Å². The molecule has 5 nitrogen and oxygen atoms in total. The molecule has 1 aromatic rings. The monoisotopic (exact) mass is 291 g/mol. The summed E-state index contributed by atoms with van der Waals surface area (Å²) < 4.78 is 5.28. The summed E-state index contributed by atoms with van der Waals surface area (Å²) in [4.78, 5) is 23.3. The van der Waals surface area contributed by atoms with Crippen LogP contribution in [0.3, 0.4) is 0 Å². The number of rotatable bonds is 5. The number of nitrogens with one attached hydrogen (secondary N) is 1. The highest BCUT2D eigenvalue weighted by Gasteiger charge is 2.38. The summed E-state index contributed by atoms with van der Waals surface area (Å²) in [5, 5.41) is 11.9. The average molecular weight is 291 g/mol. The number of carboxylic acids is 1. The SMILES string of the molecule is Cc1ccc(C)c(CC(=O)NC2(CC(=O)O)CCOC2)c1. The lowest BCUT2D eigenvalue weighted by Crippen LogP contribution is -2.51. The summed E-state index contributed by atoms with van der Waals surface area (Å²) in [5.41, 5.74) is 2.37. The van der Waals surface area contributed by atoms with Gasteiger partial charge in [-0.2, -0.15) is 0 Å². The van der Waals surface area contributed by atoms with Crippen LogP contribution >= 0.6 is 0 Å². The quantitative estimate of drug-likeness (QED) is 0.864. The van der Waals surface area contributed by atoms with Gasteiger partial charge in [-0.3, -0.25) is 9.59 Å². The van der Waals surface area contributed by atoms with E-state index in [9.17, 15) is 9.59 Å². The zero-order valence-electron chi connectivity index (χ0n) is 12.4. The van der Waals surface area contributed by atoms with Crippen LogP contribution in [-0.2, 0) is 20.7 Å². The van der Waals surface area contributed by atoms with E-state index in [4.69, 9.17) is 9.84 Å². The fraction of sp³-hybridized carbons (Fsp3) is 0.500. The molecule has 0 saturated carbocycles. The summed E-state index contributed by atoms with van der Waals surface area (Å²) in [5.74, 6) is -1.08. The number of hydrogen-bond acceptors (Lipinski definition) is 3. The number of carboxylic acid groups (broad SMARTS) is 1. The van der Waals surface area contributed by atoms with Crippen LogP contribution in [0.5, 0.6) is 0 Å². The van der Waals surface area contributed by atoms with E-state index in [1.165, 1.54) is 0 Å². The van der Waals surface area contributed by atoms with Crippen LogP contribution in [0.25, 0.3) is 0 Å². The number of aliphatic carboxylic acids is 1. The van der Waals surface area contributed by atoms with Crippen LogP contribution in [0.1, 0.15) is 29.5 Å². The summed E-state index contributed by atoms with van der Waals surface area (Å²) in [6, 6.07) is 5.99. The zero-order valence-corrected chi connectivity index (χ0v) is 12.4. The van der Waals surface area contributed by atoms with Gasteiger partial charge in [-0.1, -0.05) is 23.8 Å². The molecular formula is C16H21NO4. The summed E-state index contributed by atoms with van der Waals surface area (Å²) in [6.45, 7) is 4.69. The number of hydrogen-bond donors (Lipinski definition) is 2. The molecule has 2 N–H and O–H groups in total. The average Bonchev–Trinajstić information content (AvgIpc) is 2.80. The maximum Gasteiger partial charge on any atom is 0.305 e. The summed E-state index contributed by atoms with van der Waals surface area (Å²) in [6.07, 6.45) is 0.693. The van der Waals surface area contributed by atoms with E-state index in [1.807, 2.05) is 32.0 Å².